The highest BCUT2D eigenvalue weighted by molar-refractivity contribution is 5.98. The van der Waals surface area contributed by atoms with Gasteiger partial charge in [0.2, 0.25) is 11.8 Å². The first-order chi connectivity index (χ1) is 18.9. The van der Waals surface area contributed by atoms with Gasteiger partial charge in [-0.15, -0.1) is 0 Å². The van der Waals surface area contributed by atoms with E-state index in [1.807, 2.05) is 0 Å². The number of hydrogen-bond donors (Lipinski definition) is 4. The van der Waals surface area contributed by atoms with Crippen LogP contribution in [0, 0.1) is 0 Å². The predicted octanol–water partition coefficient (Wildman–Crippen LogP) is 6.05. The number of carbonyl (C=O) groups excluding carboxylic acids is 4. The molecule has 0 heterocycles. The molecule has 0 fully saturated rings. The molecular weight excluding hydrogens is 492 g/mol. The Hall–Kier alpha value is -3.68. The van der Waals surface area contributed by atoms with Gasteiger partial charge >= 0.3 is 0 Å². The summed E-state index contributed by atoms with van der Waals surface area (Å²) in [7, 11) is 0. The first-order valence-electron chi connectivity index (χ1n) is 14.3. The van der Waals surface area contributed by atoms with Crippen LogP contribution in [0.5, 0.6) is 0 Å². The van der Waals surface area contributed by atoms with Crippen LogP contribution in [0.1, 0.15) is 105 Å². The van der Waals surface area contributed by atoms with Gasteiger partial charge in [0.05, 0.1) is 0 Å². The number of unbranched alkanes of at least 4 members (excludes halogenated alkanes) is 6. The van der Waals surface area contributed by atoms with Crippen molar-refractivity contribution in [1.29, 1.82) is 0 Å². The molecule has 0 atom stereocenters. The molecule has 0 saturated heterocycles. The fraction of sp³-hybridized carbons (Fsp3) is 0.484. The molecule has 2 aromatic rings. The van der Waals surface area contributed by atoms with Crippen molar-refractivity contribution in [2.75, 3.05) is 23.7 Å². The number of amides is 4. The number of benzene rings is 2. The zero-order valence-electron chi connectivity index (χ0n) is 23.4. The summed E-state index contributed by atoms with van der Waals surface area (Å²) in [5.41, 5.74) is 2.32. The van der Waals surface area contributed by atoms with Crippen molar-refractivity contribution < 1.29 is 19.2 Å². The van der Waals surface area contributed by atoms with Crippen LogP contribution in [-0.4, -0.2) is 36.7 Å². The van der Waals surface area contributed by atoms with Crippen LogP contribution in [0.2, 0.25) is 0 Å². The van der Waals surface area contributed by atoms with E-state index in [1.165, 1.54) is 0 Å². The van der Waals surface area contributed by atoms with Crippen molar-refractivity contribution in [2.24, 2.45) is 0 Å². The summed E-state index contributed by atoms with van der Waals surface area (Å²) in [5, 5.41) is 11.5. The van der Waals surface area contributed by atoms with E-state index >= 15 is 0 Å². The lowest BCUT2D eigenvalue weighted by Crippen LogP contribution is -2.24. The Morgan fingerprint density at radius 2 is 0.974 bits per heavy atom. The van der Waals surface area contributed by atoms with Gasteiger partial charge in [-0.3, -0.25) is 19.2 Å². The van der Waals surface area contributed by atoms with Gasteiger partial charge in [-0.1, -0.05) is 58.1 Å². The first-order valence-corrected chi connectivity index (χ1v) is 14.3. The summed E-state index contributed by atoms with van der Waals surface area (Å²) >= 11 is 0. The summed E-state index contributed by atoms with van der Waals surface area (Å²) in [6, 6.07) is 14.0. The minimum atomic E-state index is -0.132. The molecule has 0 bridgehead atoms. The summed E-state index contributed by atoms with van der Waals surface area (Å²) in [6.45, 7) is 5.43. The summed E-state index contributed by atoms with van der Waals surface area (Å²) < 4.78 is 0. The van der Waals surface area contributed by atoms with Crippen molar-refractivity contribution in [3.05, 3.63) is 59.7 Å². The average molecular weight is 537 g/mol. The Morgan fingerprint density at radius 1 is 0.564 bits per heavy atom. The van der Waals surface area contributed by atoms with E-state index in [0.29, 0.717) is 48.4 Å². The third kappa shape index (κ3) is 13.1. The maximum atomic E-state index is 12.3. The fourth-order valence-corrected chi connectivity index (χ4v) is 3.99. The van der Waals surface area contributed by atoms with Crippen LogP contribution in [0.4, 0.5) is 11.4 Å². The maximum Gasteiger partial charge on any atom is 0.251 e. The maximum absolute atomic E-state index is 12.3. The molecule has 2 rings (SSSR count). The van der Waals surface area contributed by atoms with Gasteiger partial charge in [0.1, 0.15) is 0 Å². The molecule has 0 aliphatic carbocycles. The molecule has 8 heteroatoms. The SMILES string of the molecule is CCCCNC(=O)c1cccc(NC(=O)CCCCCCCC(=O)Nc2cccc(C(=O)NCCCC)c2)c1. The largest absolute Gasteiger partial charge is 0.352 e. The van der Waals surface area contributed by atoms with E-state index in [4.69, 9.17) is 0 Å². The Kier molecular flexibility index (Phi) is 15.0. The number of carbonyl (C=O) groups is 4. The second kappa shape index (κ2) is 18.6. The van der Waals surface area contributed by atoms with E-state index in [0.717, 1.165) is 57.8 Å². The van der Waals surface area contributed by atoms with Gasteiger partial charge in [0, 0.05) is 48.4 Å². The molecule has 2 aromatic carbocycles. The Morgan fingerprint density at radius 3 is 1.38 bits per heavy atom. The third-order valence-electron chi connectivity index (χ3n) is 6.26. The number of anilines is 2. The van der Waals surface area contributed by atoms with E-state index < -0.39 is 0 Å². The minimum Gasteiger partial charge on any atom is -0.352 e. The standard InChI is InChI=1S/C31H44N4O4/c1-3-5-20-32-30(38)24-14-12-16-26(22-24)34-28(36)18-10-8-7-9-11-19-29(37)35-27-17-13-15-25(23-27)31(39)33-21-6-4-2/h12-17,22-23H,3-11,18-21H2,1-2H3,(H,32,38)(H,33,39)(H,34,36)(H,35,37). The topological polar surface area (TPSA) is 116 Å². The number of rotatable bonds is 18. The Bertz CT molecular complexity index is 987. The van der Waals surface area contributed by atoms with Crippen LogP contribution < -0.4 is 21.3 Å². The smallest absolute Gasteiger partial charge is 0.251 e. The molecule has 0 unspecified atom stereocenters. The van der Waals surface area contributed by atoms with Crippen molar-refractivity contribution in [3.63, 3.8) is 0 Å². The van der Waals surface area contributed by atoms with Crippen LogP contribution in [-0.2, 0) is 9.59 Å². The molecule has 0 spiro atoms. The molecule has 0 aliphatic heterocycles. The van der Waals surface area contributed by atoms with Gasteiger partial charge in [0.25, 0.3) is 11.8 Å². The average Bonchev–Trinajstić information content (AvgIpc) is 2.93. The molecule has 4 amide bonds. The lowest BCUT2D eigenvalue weighted by Gasteiger charge is -2.09. The van der Waals surface area contributed by atoms with Gasteiger partial charge in [0.15, 0.2) is 0 Å². The van der Waals surface area contributed by atoms with Crippen molar-refractivity contribution in [3.8, 4) is 0 Å². The van der Waals surface area contributed by atoms with Gasteiger partial charge in [-0.05, 0) is 62.1 Å². The third-order valence-corrected chi connectivity index (χ3v) is 6.26. The second-order valence-corrected chi connectivity index (χ2v) is 9.74. The highest BCUT2D eigenvalue weighted by atomic mass is 16.2. The number of nitrogens with one attached hydrogen (secondary N) is 4. The second-order valence-electron chi connectivity index (χ2n) is 9.74. The van der Waals surface area contributed by atoms with E-state index in [1.54, 1.807) is 48.5 Å². The van der Waals surface area contributed by atoms with Crippen molar-refractivity contribution in [1.82, 2.24) is 10.6 Å². The molecule has 0 radical (unpaired) electrons. The highest BCUT2D eigenvalue weighted by Crippen LogP contribution is 2.14. The molecular formula is C31H44N4O4. The lowest BCUT2D eigenvalue weighted by molar-refractivity contribution is -0.117. The Labute approximate surface area is 232 Å². The quantitative estimate of drug-likeness (QED) is 0.173. The van der Waals surface area contributed by atoms with Crippen LogP contribution >= 0.6 is 0 Å². The summed E-state index contributed by atoms with van der Waals surface area (Å²) in [5.74, 6) is -0.405. The summed E-state index contributed by atoms with van der Waals surface area (Å²) in [6.07, 6.45) is 9.02. The van der Waals surface area contributed by atoms with Crippen molar-refractivity contribution >= 4 is 35.0 Å². The highest BCUT2D eigenvalue weighted by Gasteiger charge is 2.09. The van der Waals surface area contributed by atoms with Crippen LogP contribution in [0.25, 0.3) is 0 Å². The zero-order valence-corrected chi connectivity index (χ0v) is 23.4. The molecule has 0 aromatic heterocycles. The first kappa shape index (κ1) is 31.5. The normalized spacial score (nSPS) is 10.5. The molecule has 212 valence electrons. The fourth-order valence-electron chi connectivity index (χ4n) is 3.99. The van der Waals surface area contributed by atoms with Crippen LogP contribution in [0.3, 0.4) is 0 Å². The van der Waals surface area contributed by atoms with E-state index in [2.05, 4.69) is 35.1 Å². The molecule has 0 aliphatic rings. The predicted molar refractivity (Wildman–Crippen MR) is 157 cm³/mol. The summed E-state index contributed by atoms with van der Waals surface area (Å²) in [4.78, 5) is 49.0. The van der Waals surface area contributed by atoms with E-state index in [9.17, 15) is 19.2 Å². The molecule has 39 heavy (non-hydrogen) atoms. The molecule has 8 nitrogen and oxygen atoms in total. The Balaban J connectivity index is 1.59. The zero-order chi connectivity index (χ0) is 28.3. The number of hydrogen-bond acceptors (Lipinski definition) is 4. The van der Waals surface area contributed by atoms with Gasteiger partial charge in [-0.2, -0.15) is 0 Å². The minimum absolute atomic E-state index is 0.0702. The molecule has 0 saturated carbocycles. The molecule has 4 N–H and O–H groups in total. The van der Waals surface area contributed by atoms with E-state index in [-0.39, 0.29) is 23.6 Å². The van der Waals surface area contributed by atoms with Crippen molar-refractivity contribution in [2.45, 2.75) is 84.5 Å². The lowest BCUT2D eigenvalue weighted by atomic mass is 10.1. The van der Waals surface area contributed by atoms with Gasteiger partial charge in [-0.25, -0.2) is 0 Å². The monoisotopic (exact) mass is 536 g/mol. The van der Waals surface area contributed by atoms with Crippen LogP contribution in [0.15, 0.2) is 48.5 Å². The van der Waals surface area contributed by atoms with Gasteiger partial charge < -0.3 is 21.3 Å².